The molecule has 0 radical (unpaired) electrons. The Labute approximate surface area is 113 Å². The molecule has 0 spiro atoms. The van der Waals surface area contributed by atoms with Crippen molar-refractivity contribution in [3.05, 3.63) is 58.7 Å². The second-order valence-corrected chi connectivity index (χ2v) is 5.04. The normalized spacial score (nSPS) is 21.6. The molecule has 0 aliphatic carbocycles. The Morgan fingerprint density at radius 1 is 1.20 bits per heavy atom. The number of hydrogen-bond acceptors (Lipinski definition) is 2. The minimum Gasteiger partial charge on any atom is -0.344 e. The standard InChI is InChI=1S/C14H12F4N2/c1-6-11-3-8(5-20(11)7(2)19-6)12-13(17)9(15)4-10(16)14(12)18/h4,8,19H,2-3,5H2,1H3/t8-/m0/s1. The summed E-state index contributed by atoms with van der Waals surface area (Å²) in [5.74, 6) is -5.39. The van der Waals surface area contributed by atoms with E-state index in [0.717, 1.165) is 11.4 Å². The number of benzene rings is 1. The molecule has 0 amide bonds. The van der Waals surface area contributed by atoms with Crippen LogP contribution in [0.5, 0.6) is 0 Å². The Morgan fingerprint density at radius 3 is 2.35 bits per heavy atom. The topological polar surface area (TPSA) is 15.3 Å². The van der Waals surface area contributed by atoms with Crippen LogP contribution in [-0.2, 0) is 0 Å². The van der Waals surface area contributed by atoms with E-state index in [1.165, 1.54) is 0 Å². The third-order valence-electron chi connectivity index (χ3n) is 3.81. The van der Waals surface area contributed by atoms with Gasteiger partial charge in [0.2, 0.25) is 0 Å². The molecule has 1 aromatic rings. The van der Waals surface area contributed by atoms with Gasteiger partial charge in [-0.1, -0.05) is 6.58 Å². The highest BCUT2D eigenvalue weighted by Crippen LogP contribution is 2.42. The lowest BCUT2D eigenvalue weighted by Crippen LogP contribution is -2.20. The largest absolute Gasteiger partial charge is 0.344 e. The summed E-state index contributed by atoms with van der Waals surface area (Å²) in [6.07, 6.45) is 0.314. The van der Waals surface area contributed by atoms with Crippen LogP contribution in [0.2, 0.25) is 0 Å². The molecule has 2 nitrogen and oxygen atoms in total. The molecule has 0 aromatic heterocycles. The molecule has 6 heteroatoms. The molecule has 2 aliphatic rings. The van der Waals surface area contributed by atoms with Gasteiger partial charge >= 0.3 is 0 Å². The Hall–Kier alpha value is -1.98. The number of hydrogen-bond donors (Lipinski definition) is 1. The van der Waals surface area contributed by atoms with Gasteiger partial charge in [0.25, 0.3) is 0 Å². The number of allylic oxidation sites excluding steroid dienone is 2. The number of nitrogens with one attached hydrogen (secondary N) is 1. The highest BCUT2D eigenvalue weighted by atomic mass is 19.2. The number of rotatable bonds is 1. The van der Waals surface area contributed by atoms with Crippen molar-refractivity contribution < 1.29 is 17.6 Å². The third-order valence-corrected chi connectivity index (χ3v) is 3.81. The van der Waals surface area contributed by atoms with Crippen LogP contribution in [0, 0.1) is 23.3 Å². The Morgan fingerprint density at radius 2 is 1.80 bits per heavy atom. The Balaban J connectivity index is 2.05. The zero-order valence-electron chi connectivity index (χ0n) is 10.7. The lowest BCUT2D eigenvalue weighted by atomic mass is 9.95. The van der Waals surface area contributed by atoms with Crippen molar-refractivity contribution in [2.24, 2.45) is 0 Å². The lowest BCUT2D eigenvalue weighted by molar-refractivity contribution is 0.416. The predicted octanol–water partition coefficient (Wildman–Crippen LogP) is 3.34. The van der Waals surface area contributed by atoms with Crippen LogP contribution in [0.3, 0.4) is 0 Å². The van der Waals surface area contributed by atoms with Crippen molar-refractivity contribution in [1.29, 1.82) is 0 Å². The second-order valence-electron chi connectivity index (χ2n) is 5.04. The molecular formula is C14H12F4N2. The molecule has 0 unspecified atom stereocenters. The fourth-order valence-electron chi connectivity index (χ4n) is 2.87. The number of nitrogens with zero attached hydrogens (tertiary/aromatic N) is 1. The van der Waals surface area contributed by atoms with E-state index < -0.39 is 34.8 Å². The van der Waals surface area contributed by atoms with E-state index in [9.17, 15) is 17.6 Å². The predicted molar refractivity (Wildman–Crippen MR) is 65.3 cm³/mol. The molecule has 106 valence electrons. The van der Waals surface area contributed by atoms with Crippen molar-refractivity contribution in [1.82, 2.24) is 10.2 Å². The first kappa shape index (κ1) is 13.0. The van der Waals surface area contributed by atoms with E-state index >= 15 is 0 Å². The maximum Gasteiger partial charge on any atom is 0.165 e. The second kappa shape index (κ2) is 4.26. The van der Waals surface area contributed by atoms with E-state index in [1.54, 1.807) is 4.90 Å². The van der Waals surface area contributed by atoms with E-state index in [0.29, 0.717) is 12.2 Å². The van der Waals surface area contributed by atoms with Gasteiger partial charge in [-0.2, -0.15) is 0 Å². The molecule has 1 saturated heterocycles. The van der Waals surface area contributed by atoms with Gasteiger partial charge in [0.05, 0.1) is 0 Å². The zero-order chi connectivity index (χ0) is 14.6. The average Bonchev–Trinajstić information content (AvgIpc) is 2.91. The minimum atomic E-state index is -1.37. The monoisotopic (exact) mass is 284 g/mol. The van der Waals surface area contributed by atoms with Gasteiger partial charge in [-0.3, -0.25) is 0 Å². The maximum absolute atomic E-state index is 13.8. The summed E-state index contributed by atoms with van der Waals surface area (Å²) in [7, 11) is 0. The molecule has 1 atom stereocenters. The molecule has 1 fully saturated rings. The van der Waals surface area contributed by atoms with Crippen LogP contribution in [-0.4, -0.2) is 11.4 Å². The minimum absolute atomic E-state index is 0.231. The molecule has 0 saturated carbocycles. The fourth-order valence-corrected chi connectivity index (χ4v) is 2.87. The van der Waals surface area contributed by atoms with E-state index in [2.05, 4.69) is 11.9 Å². The summed E-state index contributed by atoms with van der Waals surface area (Å²) in [6.45, 7) is 5.86. The van der Waals surface area contributed by atoms with Crippen molar-refractivity contribution in [3.63, 3.8) is 0 Å². The van der Waals surface area contributed by atoms with Gasteiger partial charge in [-0.15, -0.1) is 0 Å². The van der Waals surface area contributed by atoms with Gasteiger partial charge in [-0.05, 0) is 13.3 Å². The number of fused-ring (bicyclic) bond motifs is 1. The van der Waals surface area contributed by atoms with Crippen LogP contribution in [0.25, 0.3) is 0 Å². The molecule has 1 N–H and O–H groups in total. The van der Waals surface area contributed by atoms with Crippen molar-refractivity contribution in [3.8, 4) is 0 Å². The molecule has 2 heterocycles. The average molecular weight is 284 g/mol. The van der Waals surface area contributed by atoms with Crippen molar-refractivity contribution in [2.75, 3.05) is 6.54 Å². The summed E-state index contributed by atoms with van der Waals surface area (Å²) in [5, 5.41) is 3.02. The molecule has 20 heavy (non-hydrogen) atoms. The van der Waals surface area contributed by atoms with Crippen LogP contribution in [0.15, 0.2) is 29.9 Å². The summed E-state index contributed by atoms with van der Waals surface area (Å²) < 4.78 is 54.2. The third kappa shape index (κ3) is 1.71. The quantitative estimate of drug-likeness (QED) is 0.628. The summed E-state index contributed by atoms with van der Waals surface area (Å²) >= 11 is 0. The van der Waals surface area contributed by atoms with Gasteiger partial charge in [-0.25, -0.2) is 17.6 Å². The fraction of sp³-hybridized carbons (Fsp3) is 0.286. The number of halogens is 4. The van der Waals surface area contributed by atoms with Gasteiger partial charge in [0, 0.05) is 35.5 Å². The van der Waals surface area contributed by atoms with Crippen LogP contribution in [0.4, 0.5) is 17.6 Å². The van der Waals surface area contributed by atoms with Crippen LogP contribution < -0.4 is 5.32 Å². The molecular weight excluding hydrogens is 272 g/mol. The van der Waals surface area contributed by atoms with Gasteiger partial charge in [0.1, 0.15) is 5.82 Å². The van der Waals surface area contributed by atoms with Crippen LogP contribution >= 0.6 is 0 Å². The SMILES string of the molecule is C=C1NC(C)=C2C[C@H](c3c(F)c(F)cc(F)c3F)CN12. The zero-order valence-corrected chi connectivity index (χ0v) is 10.7. The highest BCUT2D eigenvalue weighted by molar-refractivity contribution is 5.36. The molecule has 1 aromatic carbocycles. The Kier molecular flexibility index (Phi) is 2.77. The first-order chi connectivity index (χ1) is 9.40. The van der Waals surface area contributed by atoms with Crippen molar-refractivity contribution >= 4 is 0 Å². The first-order valence-electron chi connectivity index (χ1n) is 6.16. The summed E-state index contributed by atoms with van der Waals surface area (Å²) in [5.41, 5.74) is 1.17. The van der Waals surface area contributed by atoms with Crippen LogP contribution in [0.1, 0.15) is 24.8 Å². The first-order valence-corrected chi connectivity index (χ1v) is 6.16. The van der Waals surface area contributed by atoms with Gasteiger partial charge in [0.15, 0.2) is 23.3 Å². The van der Waals surface area contributed by atoms with Gasteiger partial charge < -0.3 is 10.2 Å². The summed E-state index contributed by atoms with van der Waals surface area (Å²) in [6, 6.07) is 0.231. The Bertz CT molecular complexity index is 625. The molecule has 2 aliphatic heterocycles. The van der Waals surface area contributed by atoms with E-state index in [4.69, 9.17) is 0 Å². The van der Waals surface area contributed by atoms with E-state index in [-0.39, 0.29) is 12.6 Å². The highest BCUT2D eigenvalue weighted by Gasteiger charge is 2.38. The smallest absolute Gasteiger partial charge is 0.165 e. The van der Waals surface area contributed by atoms with Crippen molar-refractivity contribution in [2.45, 2.75) is 19.3 Å². The molecule has 3 rings (SSSR count). The molecule has 0 bridgehead atoms. The lowest BCUT2D eigenvalue weighted by Gasteiger charge is -2.17. The van der Waals surface area contributed by atoms with E-state index in [1.807, 2.05) is 6.92 Å². The maximum atomic E-state index is 13.8. The summed E-state index contributed by atoms with van der Waals surface area (Å²) in [4.78, 5) is 1.78.